The van der Waals surface area contributed by atoms with Crippen LogP contribution in [0.3, 0.4) is 0 Å². The molecule has 5 rings (SSSR count). The van der Waals surface area contributed by atoms with Gasteiger partial charge in [0.05, 0.1) is 25.3 Å². The molecule has 1 unspecified atom stereocenters. The maximum Gasteiger partial charge on any atom is 0.409 e. The number of hydroxylamine groups is 2. The first-order chi connectivity index (χ1) is 31.4. The van der Waals surface area contributed by atoms with E-state index in [0.717, 1.165) is 28.3 Å². The topological polar surface area (TPSA) is 203 Å². The Morgan fingerprint density at radius 3 is 2.42 bits per heavy atom. The molecule has 0 aromatic heterocycles. The molecule has 0 aliphatic carbocycles. The van der Waals surface area contributed by atoms with E-state index in [0.29, 0.717) is 22.8 Å². The van der Waals surface area contributed by atoms with Gasteiger partial charge in [0, 0.05) is 57.3 Å². The fourth-order valence-corrected chi connectivity index (χ4v) is 10.7. The van der Waals surface area contributed by atoms with Gasteiger partial charge in [-0.3, -0.25) is 29.4 Å². The van der Waals surface area contributed by atoms with Gasteiger partial charge in [0.1, 0.15) is 46.8 Å². The van der Waals surface area contributed by atoms with Crippen molar-refractivity contribution in [3.05, 3.63) is 46.5 Å². The largest absolute Gasteiger partial charge is 0.495 e. The van der Waals surface area contributed by atoms with Crippen molar-refractivity contribution < 1.29 is 75.6 Å². The van der Waals surface area contributed by atoms with Gasteiger partial charge in [-0.05, 0) is 64.8 Å². The van der Waals surface area contributed by atoms with E-state index in [1.165, 1.54) is 43.9 Å². The Morgan fingerprint density at radius 1 is 1.10 bits per heavy atom. The number of fused-ring (bicyclic) bond motifs is 5. The van der Waals surface area contributed by atoms with Crippen LogP contribution in [-0.2, 0) is 54.2 Å². The molecule has 372 valence electrons. The summed E-state index contributed by atoms with van der Waals surface area (Å²) < 4.78 is 72.9. The number of halogens is 4. The van der Waals surface area contributed by atoms with Crippen LogP contribution in [0.25, 0.3) is 0 Å². The van der Waals surface area contributed by atoms with Crippen molar-refractivity contribution in [1.82, 2.24) is 15.3 Å². The third-order valence-electron chi connectivity index (χ3n) is 12.4. The standard InChI is InChI=1S/C44H58ClF3N4O13S2/c1-24-11-9-12-32(61-8)43(59)23-30(62-41(58)49-43)25(2)39-42(4,64-39)33(22-36(55)51(6)28-20-27(19-24)21-29(60-7)38(28)45)63-40(57)26(3)50(5)31(44(46,47)48)16-18-67-66-17-10-13-37(56)65-52-34(53)14-15-35(52)54/h9,11-12,20-21,25-26,30-33,39,59H,10,13-19,22-23H2,1-8H3,(H,49,58)/b12-9+,24-11+/t25-,26+,30+,31?,32-,33+,39+,42+,43+/m1/s1. The molecule has 4 aliphatic rings. The maximum atomic E-state index is 14.6. The smallest absolute Gasteiger partial charge is 0.409 e. The number of carbonyl (C=O) groups is 6. The normalized spacial score (nSPS) is 29.3. The van der Waals surface area contributed by atoms with E-state index in [1.54, 1.807) is 44.2 Å². The molecule has 17 nitrogen and oxygen atoms in total. The van der Waals surface area contributed by atoms with Crippen molar-refractivity contribution in [2.45, 2.75) is 133 Å². The summed E-state index contributed by atoms with van der Waals surface area (Å²) in [7, 11) is 7.81. The van der Waals surface area contributed by atoms with E-state index in [1.807, 2.05) is 6.92 Å². The third kappa shape index (κ3) is 13.2. The second-order valence-electron chi connectivity index (χ2n) is 17.2. The number of aliphatic hydroxyl groups is 1. The third-order valence-corrected chi connectivity index (χ3v) is 15.3. The summed E-state index contributed by atoms with van der Waals surface area (Å²) in [6.45, 7) is 6.42. The van der Waals surface area contributed by atoms with Crippen molar-refractivity contribution in [2.75, 3.05) is 44.7 Å². The highest BCUT2D eigenvalue weighted by Crippen LogP contribution is 2.49. The number of esters is 1. The van der Waals surface area contributed by atoms with Crippen molar-refractivity contribution >= 4 is 74.6 Å². The molecule has 1 aromatic rings. The van der Waals surface area contributed by atoms with Crippen LogP contribution in [0.5, 0.6) is 5.75 Å². The molecule has 1 aromatic carbocycles. The Kier molecular flexibility index (Phi) is 18.2. The van der Waals surface area contributed by atoms with Gasteiger partial charge in [0.25, 0.3) is 11.8 Å². The molecule has 0 spiro atoms. The van der Waals surface area contributed by atoms with Crippen LogP contribution in [-0.4, -0.2) is 145 Å². The number of rotatable bonds is 15. The zero-order valence-corrected chi connectivity index (χ0v) is 40.9. The average molecular weight is 1010 g/mol. The summed E-state index contributed by atoms with van der Waals surface area (Å²) in [5.74, 6) is -3.65. The highest BCUT2D eigenvalue weighted by atomic mass is 35.5. The molecule has 3 fully saturated rings. The Balaban J connectivity index is 1.33. The molecule has 67 heavy (non-hydrogen) atoms. The quantitative estimate of drug-likeness (QED) is 0.0673. The number of alkyl halides is 3. The predicted molar refractivity (Wildman–Crippen MR) is 242 cm³/mol. The molecule has 4 amide bonds. The second kappa shape index (κ2) is 22.6. The molecule has 4 bridgehead atoms. The SMILES string of the molecule is COc1cc2cc(c1Cl)N(C)C(=O)C[C@H](OC(=O)[C@H](C)N(C)C(CCSSCCCC(=O)ON1C(=O)CCC1=O)C(F)(F)F)[C@]1(C)O[C@H]1[C@H](C)[C@@H]1C[C@@](O)(NC(=O)O1)[C@H](OC)/C=C/C=C(\C)C2. The van der Waals surface area contributed by atoms with E-state index >= 15 is 0 Å². The zero-order valence-electron chi connectivity index (χ0n) is 38.5. The molecular weight excluding hydrogens is 949 g/mol. The number of ether oxygens (including phenoxy) is 5. The number of imide groups is 1. The Hall–Kier alpha value is -4.06. The summed E-state index contributed by atoms with van der Waals surface area (Å²) in [4.78, 5) is 83.7. The van der Waals surface area contributed by atoms with Gasteiger partial charge in [0.15, 0.2) is 5.72 Å². The number of carbonyl (C=O) groups excluding carboxylic acids is 6. The first kappa shape index (κ1) is 53.9. The Labute approximate surface area is 400 Å². The van der Waals surface area contributed by atoms with Crippen LogP contribution >= 0.6 is 33.2 Å². The lowest BCUT2D eigenvalue weighted by Crippen LogP contribution is -2.63. The van der Waals surface area contributed by atoms with Crippen molar-refractivity contribution in [2.24, 2.45) is 5.92 Å². The van der Waals surface area contributed by atoms with Gasteiger partial charge in [-0.15, -0.1) is 5.06 Å². The number of hydrogen-bond acceptors (Lipinski definition) is 16. The van der Waals surface area contributed by atoms with Crippen molar-refractivity contribution in [3.63, 3.8) is 0 Å². The minimum absolute atomic E-state index is 0.0132. The van der Waals surface area contributed by atoms with Gasteiger partial charge < -0.3 is 38.5 Å². The van der Waals surface area contributed by atoms with Gasteiger partial charge in [0.2, 0.25) is 5.91 Å². The summed E-state index contributed by atoms with van der Waals surface area (Å²) >= 11 is 6.76. The number of hydrogen-bond donors (Lipinski definition) is 2. The lowest BCUT2D eigenvalue weighted by molar-refractivity contribution is -0.197. The second-order valence-corrected chi connectivity index (χ2v) is 20.3. The summed E-state index contributed by atoms with van der Waals surface area (Å²) in [5.41, 5.74) is -1.50. The number of nitrogens with one attached hydrogen (secondary N) is 1. The maximum absolute atomic E-state index is 14.6. The van der Waals surface area contributed by atoms with Crippen LogP contribution in [0.15, 0.2) is 35.9 Å². The minimum atomic E-state index is -4.76. The number of epoxide rings is 1. The molecule has 2 N–H and O–H groups in total. The number of anilines is 1. The van der Waals surface area contributed by atoms with Gasteiger partial charge in [-0.25, -0.2) is 9.59 Å². The Bertz CT molecular complexity index is 2080. The number of nitrogens with zero attached hydrogens (tertiary/aromatic N) is 3. The molecule has 3 saturated heterocycles. The van der Waals surface area contributed by atoms with Crippen LogP contribution < -0.4 is 15.0 Å². The van der Waals surface area contributed by atoms with E-state index in [4.69, 9.17) is 40.1 Å². The van der Waals surface area contributed by atoms with Gasteiger partial charge in [-0.2, -0.15) is 13.2 Å². The summed E-state index contributed by atoms with van der Waals surface area (Å²) in [5, 5.41) is 14.8. The van der Waals surface area contributed by atoms with Crippen LogP contribution in [0.1, 0.15) is 78.2 Å². The predicted octanol–water partition coefficient (Wildman–Crippen LogP) is 6.08. The Morgan fingerprint density at radius 2 is 1.78 bits per heavy atom. The average Bonchev–Trinajstić information content (AvgIpc) is 3.87. The summed E-state index contributed by atoms with van der Waals surface area (Å²) in [6, 6.07) is -0.126. The molecular formula is C44H58ClF3N4O13S2. The highest BCUT2D eigenvalue weighted by molar-refractivity contribution is 8.76. The first-order valence-corrected chi connectivity index (χ1v) is 24.5. The highest BCUT2D eigenvalue weighted by Gasteiger charge is 2.64. The van der Waals surface area contributed by atoms with E-state index < -0.39 is 109 Å². The van der Waals surface area contributed by atoms with E-state index in [2.05, 4.69) is 5.32 Å². The first-order valence-electron chi connectivity index (χ1n) is 21.6. The number of methoxy groups -OCH3 is 2. The van der Waals surface area contributed by atoms with Crippen molar-refractivity contribution in [3.8, 4) is 5.75 Å². The molecule has 23 heteroatoms. The number of amides is 4. The van der Waals surface area contributed by atoms with Gasteiger partial charge >= 0.3 is 24.2 Å². The van der Waals surface area contributed by atoms with Gasteiger partial charge in [-0.1, -0.05) is 63.9 Å². The minimum Gasteiger partial charge on any atom is -0.495 e. The lowest BCUT2D eigenvalue weighted by atomic mass is 9.83. The number of likely N-dealkylation sites (N-methyl/N-ethyl adjacent to an activating group) is 1. The monoisotopic (exact) mass is 1010 g/mol. The fraction of sp³-hybridized carbons (Fsp3) is 0.636. The number of allylic oxidation sites excluding steroid dienone is 3. The molecule has 4 aliphatic heterocycles. The lowest BCUT2D eigenvalue weighted by Gasteiger charge is -2.42. The molecule has 0 saturated carbocycles. The fourth-order valence-electron chi connectivity index (χ4n) is 8.24. The van der Waals surface area contributed by atoms with Crippen LogP contribution in [0, 0.1) is 5.92 Å². The molecule has 9 atom stereocenters. The van der Waals surface area contributed by atoms with Crippen LogP contribution in [0.4, 0.5) is 23.7 Å². The zero-order chi connectivity index (χ0) is 49.6. The van der Waals surface area contributed by atoms with Crippen LogP contribution in [0.2, 0.25) is 5.02 Å². The molecule has 4 heterocycles. The van der Waals surface area contributed by atoms with Crippen molar-refractivity contribution in [1.29, 1.82) is 0 Å². The number of alkyl carbamates (subject to hydrolysis) is 1. The number of benzene rings is 1. The van der Waals surface area contributed by atoms with E-state index in [9.17, 15) is 47.0 Å². The molecule has 0 radical (unpaired) electrons. The summed E-state index contributed by atoms with van der Waals surface area (Å²) in [6.07, 6.45) is -5.43. The van der Waals surface area contributed by atoms with E-state index in [-0.39, 0.29) is 54.3 Å².